The first-order chi connectivity index (χ1) is 15.5. The van der Waals surface area contributed by atoms with E-state index in [4.69, 9.17) is 27.1 Å². The highest BCUT2D eigenvalue weighted by atomic mass is 35.5. The van der Waals surface area contributed by atoms with Crippen LogP contribution in [0.4, 0.5) is 10.2 Å². The molecule has 6 rings (SSSR count). The average molecular weight is 448 g/mol. The molecule has 5 heterocycles. The maximum absolute atomic E-state index is 14.3. The van der Waals surface area contributed by atoms with E-state index in [1.807, 2.05) is 23.7 Å². The number of fused-ring (bicyclic) bond motifs is 7. The van der Waals surface area contributed by atoms with Crippen molar-refractivity contribution in [2.75, 3.05) is 5.73 Å². The van der Waals surface area contributed by atoms with Gasteiger partial charge in [0.25, 0.3) is 0 Å². The summed E-state index contributed by atoms with van der Waals surface area (Å²) in [5.74, 6) is 0.364. The zero-order valence-corrected chi connectivity index (χ0v) is 18.0. The fourth-order valence-electron chi connectivity index (χ4n) is 4.88. The lowest BCUT2D eigenvalue weighted by Gasteiger charge is -2.23. The van der Waals surface area contributed by atoms with Crippen LogP contribution in [-0.4, -0.2) is 19.7 Å². The van der Waals surface area contributed by atoms with Crippen molar-refractivity contribution in [2.24, 2.45) is 0 Å². The summed E-state index contributed by atoms with van der Waals surface area (Å²) in [6, 6.07) is 10.6. The molecule has 0 saturated carbocycles. The lowest BCUT2D eigenvalue weighted by atomic mass is 9.86. The molecule has 0 aliphatic carbocycles. The number of halogens is 2. The van der Waals surface area contributed by atoms with Gasteiger partial charge in [-0.1, -0.05) is 17.7 Å². The number of benzene rings is 1. The Balaban J connectivity index is 1.71. The first kappa shape index (κ1) is 19.3. The van der Waals surface area contributed by atoms with Crippen molar-refractivity contribution in [1.82, 2.24) is 19.7 Å². The number of ether oxygens (including phenoxy) is 1. The van der Waals surface area contributed by atoms with Crippen molar-refractivity contribution in [1.29, 1.82) is 0 Å². The van der Waals surface area contributed by atoms with Crippen LogP contribution in [0, 0.1) is 5.82 Å². The van der Waals surface area contributed by atoms with Crippen molar-refractivity contribution < 1.29 is 9.13 Å². The topological polar surface area (TPSA) is 78.9 Å². The molecule has 1 unspecified atom stereocenters. The summed E-state index contributed by atoms with van der Waals surface area (Å²) in [5.41, 5.74) is 12.1. The van der Waals surface area contributed by atoms with Gasteiger partial charge in [-0.3, -0.25) is 9.67 Å². The molecular weight excluding hydrogens is 429 g/mol. The van der Waals surface area contributed by atoms with E-state index in [-0.39, 0.29) is 17.6 Å². The highest BCUT2D eigenvalue weighted by Gasteiger charge is 2.34. The van der Waals surface area contributed by atoms with Gasteiger partial charge in [0.2, 0.25) is 0 Å². The fourth-order valence-corrected chi connectivity index (χ4v) is 5.17. The predicted molar refractivity (Wildman–Crippen MR) is 120 cm³/mol. The average Bonchev–Trinajstić information content (AvgIpc) is 3.32. The van der Waals surface area contributed by atoms with Gasteiger partial charge in [0, 0.05) is 47.1 Å². The first-order valence-corrected chi connectivity index (χ1v) is 10.8. The van der Waals surface area contributed by atoms with Gasteiger partial charge >= 0.3 is 0 Å². The Hall–Kier alpha value is -3.45. The third-order valence-corrected chi connectivity index (χ3v) is 6.57. The number of anilines is 1. The number of nitrogens with zero attached hydrogens (tertiary/aromatic N) is 4. The van der Waals surface area contributed by atoms with E-state index in [1.165, 1.54) is 12.1 Å². The molecule has 2 atom stereocenters. The van der Waals surface area contributed by atoms with Crippen LogP contribution in [0.5, 0.6) is 5.75 Å². The standard InChI is InChI=1S/C24H19ClFN5O/c1-12-18-10-14(26)4-5-16(18)21-15(3-2-7-28-21)17-6-8-31-22(17)20(23(25)30-31)13-9-19(32-12)24(27)29-11-13/h2-5,7,9-12,17H,6,8H2,1H3,(H2,27,29)/t12-,17?/m1/s1. The molecule has 8 heteroatoms. The lowest BCUT2D eigenvalue weighted by molar-refractivity contribution is 0.227. The van der Waals surface area contributed by atoms with Crippen LogP contribution in [0.15, 0.2) is 48.8 Å². The summed E-state index contributed by atoms with van der Waals surface area (Å²) in [7, 11) is 0. The zero-order valence-electron chi connectivity index (χ0n) is 17.2. The van der Waals surface area contributed by atoms with Gasteiger partial charge in [0.05, 0.1) is 11.4 Å². The molecule has 0 fully saturated rings. The summed E-state index contributed by atoms with van der Waals surface area (Å²) in [5, 5.41) is 4.99. The normalized spacial score (nSPS) is 18.6. The monoisotopic (exact) mass is 447 g/mol. The van der Waals surface area contributed by atoms with Crippen LogP contribution in [-0.2, 0) is 6.54 Å². The number of hydrogen-bond acceptors (Lipinski definition) is 5. The second kappa shape index (κ2) is 7.03. The number of nitrogen functional groups attached to an aromatic ring is 1. The minimum absolute atomic E-state index is 0.0308. The van der Waals surface area contributed by atoms with E-state index in [1.54, 1.807) is 18.5 Å². The number of pyridine rings is 2. The van der Waals surface area contributed by atoms with Crippen LogP contribution < -0.4 is 10.5 Å². The maximum atomic E-state index is 14.3. The Labute approximate surface area is 188 Å². The van der Waals surface area contributed by atoms with E-state index in [2.05, 4.69) is 16.1 Å². The molecule has 2 aliphatic rings. The van der Waals surface area contributed by atoms with Gasteiger partial charge in [-0.05, 0) is 49.2 Å². The minimum atomic E-state index is -0.490. The van der Waals surface area contributed by atoms with Crippen LogP contribution >= 0.6 is 11.6 Å². The molecule has 2 bridgehead atoms. The molecule has 0 amide bonds. The smallest absolute Gasteiger partial charge is 0.166 e. The third-order valence-electron chi connectivity index (χ3n) is 6.30. The van der Waals surface area contributed by atoms with Crippen LogP contribution in [0.1, 0.15) is 42.2 Å². The van der Waals surface area contributed by atoms with Gasteiger partial charge in [-0.25, -0.2) is 9.37 Å². The zero-order chi connectivity index (χ0) is 22.0. The summed E-state index contributed by atoms with van der Waals surface area (Å²) >= 11 is 6.61. The Morgan fingerprint density at radius 1 is 1.19 bits per heavy atom. The van der Waals surface area contributed by atoms with Gasteiger partial charge in [-0.2, -0.15) is 5.10 Å². The van der Waals surface area contributed by atoms with E-state index >= 15 is 0 Å². The summed E-state index contributed by atoms with van der Waals surface area (Å²) < 4.78 is 22.5. The van der Waals surface area contributed by atoms with Crippen LogP contribution in [0.2, 0.25) is 5.15 Å². The lowest BCUT2D eigenvalue weighted by Crippen LogP contribution is -2.11. The predicted octanol–water partition coefficient (Wildman–Crippen LogP) is 5.37. The third kappa shape index (κ3) is 2.81. The van der Waals surface area contributed by atoms with Gasteiger partial charge < -0.3 is 10.5 Å². The molecule has 1 aromatic carbocycles. The van der Waals surface area contributed by atoms with Crippen molar-refractivity contribution in [3.63, 3.8) is 0 Å². The molecule has 32 heavy (non-hydrogen) atoms. The molecule has 3 aromatic heterocycles. The maximum Gasteiger partial charge on any atom is 0.166 e. The number of aromatic nitrogens is 4. The largest absolute Gasteiger partial charge is 0.482 e. The number of aryl methyl sites for hydroxylation is 1. The molecular formula is C24H19ClFN5O. The van der Waals surface area contributed by atoms with E-state index < -0.39 is 6.10 Å². The van der Waals surface area contributed by atoms with E-state index in [0.29, 0.717) is 16.5 Å². The first-order valence-electron chi connectivity index (χ1n) is 10.4. The molecule has 4 aromatic rings. The molecule has 2 N–H and O–H groups in total. The van der Waals surface area contributed by atoms with Gasteiger partial charge in [0.15, 0.2) is 16.7 Å². The molecule has 0 spiro atoms. The van der Waals surface area contributed by atoms with Gasteiger partial charge in [-0.15, -0.1) is 0 Å². The van der Waals surface area contributed by atoms with E-state index in [0.717, 1.165) is 46.6 Å². The Kier molecular flexibility index (Phi) is 4.23. The van der Waals surface area contributed by atoms with Crippen molar-refractivity contribution in [3.05, 3.63) is 76.6 Å². The van der Waals surface area contributed by atoms with Gasteiger partial charge in [0.1, 0.15) is 11.9 Å². The quantitative estimate of drug-likeness (QED) is 0.392. The Morgan fingerprint density at radius 3 is 2.94 bits per heavy atom. The molecule has 160 valence electrons. The molecule has 0 saturated heterocycles. The van der Waals surface area contributed by atoms with Crippen LogP contribution in [0.3, 0.4) is 0 Å². The highest BCUT2D eigenvalue weighted by molar-refractivity contribution is 6.32. The number of hydrogen-bond donors (Lipinski definition) is 1. The minimum Gasteiger partial charge on any atom is -0.482 e. The SMILES string of the molecule is C[C@H]1Oc2cc(cnc2N)-c2c(Cl)nn3c2C(CC3)c2cccnc2-c2ccc(F)cc21. The van der Waals surface area contributed by atoms with Crippen molar-refractivity contribution in [2.45, 2.75) is 31.9 Å². The molecule has 2 aliphatic heterocycles. The summed E-state index contributed by atoms with van der Waals surface area (Å²) in [6.07, 6.45) is 3.82. The van der Waals surface area contributed by atoms with Crippen LogP contribution in [0.25, 0.3) is 22.4 Å². The molecule has 0 radical (unpaired) electrons. The second-order valence-corrected chi connectivity index (χ2v) is 8.51. The van der Waals surface area contributed by atoms with Crippen molar-refractivity contribution in [3.8, 4) is 28.1 Å². The number of nitrogens with two attached hydrogens (primary N) is 1. The van der Waals surface area contributed by atoms with Crippen molar-refractivity contribution >= 4 is 17.4 Å². The Morgan fingerprint density at radius 2 is 2.06 bits per heavy atom. The Bertz CT molecular complexity index is 1390. The fraction of sp³-hybridized carbons (Fsp3) is 0.208. The number of rotatable bonds is 0. The summed E-state index contributed by atoms with van der Waals surface area (Å²) in [4.78, 5) is 9.07. The highest BCUT2D eigenvalue weighted by Crippen LogP contribution is 2.47. The second-order valence-electron chi connectivity index (χ2n) is 8.16. The van der Waals surface area contributed by atoms with E-state index in [9.17, 15) is 4.39 Å². The molecule has 6 nitrogen and oxygen atoms in total. The summed E-state index contributed by atoms with van der Waals surface area (Å²) in [6.45, 7) is 2.61.